The first-order valence-corrected chi connectivity index (χ1v) is 7.24. The van der Waals surface area contributed by atoms with Crippen LogP contribution in [0.2, 0.25) is 5.02 Å². The smallest absolute Gasteiger partial charge is 0.326 e. The fraction of sp³-hybridized carbons (Fsp3) is 0.400. The van der Waals surface area contributed by atoms with Crippen LogP contribution in [0.3, 0.4) is 0 Å². The number of halogens is 1. The van der Waals surface area contributed by atoms with Gasteiger partial charge in [-0.1, -0.05) is 31.9 Å². The third kappa shape index (κ3) is 4.73. The van der Waals surface area contributed by atoms with Crippen molar-refractivity contribution in [3.63, 3.8) is 0 Å². The summed E-state index contributed by atoms with van der Waals surface area (Å²) < 4.78 is 0. The second-order valence-electron chi connectivity index (χ2n) is 5.05. The van der Waals surface area contributed by atoms with Crippen LogP contribution in [0.1, 0.15) is 37.6 Å². The van der Waals surface area contributed by atoms with Gasteiger partial charge in [0.2, 0.25) is 5.91 Å². The molecule has 0 aliphatic rings. The van der Waals surface area contributed by atoms with Crippen LogP contribution in [0, 0.1) is 5.92 Å². The molecule has 1 aromatic carbocycles. The standard InChI is InChI=1S/C15H19ClN2O4/c1-4-8(2)13(15(21)22)18-14(20)11-7-10(17-9(3)19)5-6-12(11)16/h5-8,13H,4H2,1-3H3,(H,17,19)(H,18,20)(H,21,22)/t8-,13-/m0/s1. The van der Waals surface area contributed by atoms with E-state index in [9.17, 15) is 19.5 Å². The molecule has 120 valence electrons. The van der Waals surface area contributed by atoms with Crippen molar-refractivity contribution in [2.75, 3.05) is 5.32 Å². The predicted octanol–water partition coefficient (Wildman–Crippen LogP) is 2.53. The second kappa shape index (κ2) is 7.79. The summed E-state index contributed by atoms with van der Waals surface area (Å²) >= 11 is 5.98. The Morgan fingerprint density at radius 3 is 2.45 bits per heavy atom. The Balaban J connectivity index is 3.01. The lowest BCUT2D eigenvalue weighted by Gasteiger charge is -2.20. The van der Waals surface area contributed by atoms with Crippen molar-refractivity contribution in [2.24, 2.45) is 5.92 Å². The molecule has 0 aromatic heterocycles. The Kier molecular flexibility index (Phi) is 6.37. The first-order chi connectivity index (χ1) is 10.3. The van der Waals surface area contributed by atoms with Crippen molar-refractivity contribution in [3.8, 4) is 0 Å². The van der Waals surface area contributed by atoms with Gasteiger partial charge in [-0.05, 0) is 24.1 Å². The topological polar surface area (TPSA) is 95.5 Å². The lowest BCUT2D eigenvalue weighted by molar-refractivity contribution is -0.140. The molecule has 7 heteroatoms. The molecule has 0 unspecified atom stereocenters. The maximum absolute atomic E-state index is 12.3. The van der Waals surface area contributed by atoms with Gasteiger partial charge in [-0.3, -0.25) is 9.59 Å². The molecule has 2 amide bonds. The number of rotatable bonds is 6. The number of benzene rings is 1. The third-order valence-electron chi connectivity index (χ3n) is 3.30. The van der Waals surface area contributed by atoms with Crippen molar-refractivity contribution in [2.45, 2.75) is 33.2 Å². The summed E-state index contributed by atoms with van der Waals surface area (Å²) in [6, 6.07) is 3.44. The van der Waals surface area contributed by atoms with Crippen molar-refractivity contribution in [1.29, 1.82) is 0 Å². The van der Waals surface area contributed by atoms with Crippen LogP contribution in [-0.2, 0) is 9.59 Å². The highest BCUT2D eigenvalue weighted by Gasteiger charge is 2.26. The average molecular weight is 327 g/mol. The van der Waals surface area contributed by atoms with Gasteiger partial charge in [-0.25, -0.2) is 4.79 Å². The van der Waals surface area contributed by atoms with Gasteiger partial charge in [0.1, 0.15) is 6.04 Å². The number of amides is 2. The monoisotopic (exact) mass is 326 g/mol. The number of nitrogens with one attached hydrogen (secondary N) is 2. The van der Waals surface area contributed by atoms with E-state index in [0.717, 1.165) is 0 Å². The van der Waals surface area contributed by atoms with Gasteiger partial charge in [0, 0.05) is 12.6 Å². The predicted molar refractivity (Wildman–Crippen MR) is 84.1 cm³/mol. The Hall–Kier alpha value is -2.08. The molecular formula is C15H19ClN2O4. The number of hydrogen-bond acceptors (Lipinski definition) is 3. The maximum atomic E-state index is 12.3. The van der Waals surface area contributed by atoms with Crippen LogP contribution in [0.4, 0.5) is 5.69 Å². The van der Waals surface area contributed by atoms with Crippen molar-refractivity contribution in [1.82, 2.24) is 5.32 Å². The minimum atomic E-state index is -1.10. The molecule has 0 saturated carbocycles. The van der Waals surface area contributed by atoms with Gasteiger partial charge in [0.25, 0.3) is 5.91 Å². The largest absolute Gasteiger partial charge is 0.480 e. The Labute approximate surface area is 133 Å². The van der Waals surface area contributed by atoms with Crippen molar-refractivity contribution < 1.29 is 19.5 Å². The number of carbonyl (C=O) groups is 3. The lowest BCUT2D eigenvalue weighted by Crippen LogP contribution is -2.45. The SMILES string of the molecule is CC[C@H](C)[C@H](NC(=O)c1cc(NC(C)=O)ccc1Cl)C(=O)O. The summed E-state index contributed by atoms with van der Waals surface area (Å²) in [4.78, 5) is 34.6. The number of aliphatic carboxylic acids is 1. The Bertz CT molecular complexity index is 589. The molecule has 22 heavy (non-hydrogen) atoms. The summed E-state index contributed by atoms with van der Waals surface area (Å²) in [7, 11) is 0. The highest BCUT2D eigenvalue weighted by Crippen LogP contribution is 2.21. The quantitative estimate of drug-likeness (QED) is 0.748. The van der Waals surface area contributed by atoms with Crippen LogP contribution in [-0.4, -0.2) is 28.9 Å². The van der Waals surface area contributed by atoms with E-state index in [-0.39, 0.29) is 22.4 Å². The Morgan fingerprint density at radius 1 is 1.32 bits per heavy atom. The van der Waals surface area contributed by atoms with E-state index in [1.165, 1.54) is 19.1 Å². The fourth-order valence-corrected chi connectivity index (χ4v) is 2.09. The van der Waals surface area contributed by atoms with Gasteiger partial charge in [0.15, 0.2) is 0 Å². The highest BCUT2D eigenvalue weighted by atomic mass is 35.5. The van der Waals surface area contributed by atoms with Crippen LogP contribution in [0.15, 0.2) is 18.2 Å². The number of anilines is 1. The number of carboxylic acid groups (broad SMARTS) is 1. The zero-order valence-electron chi connectivity index (χ0n) is 12.6. The molecule has 0 aliphatic heterocycles. The normalized spacial score (nSPS) is 13.1. The van der Waals surface area contributed by atoms with E-state index in [0.29, 0.717) is 12.1 Å². The van der Waals surface area contributed by atoms with E-state index >= 15 is 0 Å². The van der Waals surface area contributed by atoms with E-state index in [1.54, 1.807) is 13.0 Å². The minimum Gasteiger partial charge on any atom is -0.480 e. The molecule has 1 rings (SSSR count). The van der Waals surface area contributed by atoms with Crippen molar-refractivity contribution in [3.05, 3.63) is 28.8 Å². The minimum absolute atomic E-state index is 0.113. The van der Waals surface area contributed by atoms with Gasteiger partial charge < -0.3 is 15.7 Å². The van der Waals surface area contributed by atoms with E-state index in [1.807, 2.05) is 6.92 Å². The average Bonchev–Trinajstić information content (AvgIpc) is 2.44. The van der Waals surface area contributed by atoms with Crippen LogP contribution < -0.4 is 10.6 Å². The molecule has 6 nitrogen and oxygen atoms in total. The van der Waals surface area contributed by atoms with Crippen molar-refractivity contribution >= 4 is 35.1 Å². The fourth-order valence-electron chi connectivity index (χ4n) is 1.88. The summed E-state index contributed by atoms with van der Waals surface area (Å²) in [6.07, 6.45) is 0.608. The number of hydrogen-bond donors (Lipinski definition) is 3. The summed E-state index contributed by atoms with van der Waals surface area (Å²) in [5, 5.41) is 14.4. The molecule has 2 atom stereocenters. The molecule has 0 fully saturated rings. The van der Waals surface area contributed by atoms with Gasteiger partial charge >= 0.3 is 5.97 Å². The summed E-state index contributed by atoms with van der Waals surface area (Å²) in [5.41, 5.74) is 0.528. The summed E-state index contributed by atoms with van der Waals surface area (Å²) in [5.74, 6) is -2.20. The number of carbonyl (C=O) groups excluding carboxylic acids is 2. The van der Waals surface area contributed by atoms with Crippen LogP contribution in [0.25, 0.3) is 0 Å². The lowest BCUT2D eigenvalue weighted by atomic mass is 9.99. The third-order valence-corrected chi connectivity index (χ3v) is 3.63. The number of carboxylic acids is 1. The molecule has 0 bridgehead atoms. The van der Waals surface area contributed by atoms with Gasteiger partial charge in [-0.15, -0.1) is 0 Å². The highest BCUT2D eigenvalue weighted by molar-refractivity contribution is 6.34. The molecule has 1 aromatic rings. The summed E-state index contributed by atoms with van der Waals surface area (Å²) in [6.45, 7) is 4.93. The van der Waals surface area contributed by atoms with E-state index in [4.69, 9.17) is 11.6 Å². The molecule has 3 N–H and O–H groups in total. The molecule has 0 saturated heterocycles. The molecule has 0 aliphatic carbocycles. The van der Waals surface area contributed by atoms with Gasteiger partial charge in [0.05, 0.1) is 10.6 Å². The zero-order chi connectivity index (χ0) is 16.9. The molecule has 0 heterocycles. The zero-order valence-corrected chi connectivity index (χ0v) is 13.4. The van der Waals surface area contributed by atoms with E-state index in [2.05, 4.69) is 10.6 Å². The van der Waals surface area contributed by atoms with E-state index < -0.39 is 17.9 Å². The second-order valence-corrected chi connectivity index (χ2v) is 5.46. The molecular weight excluding hydrogens is 308 g/mol. The Morgan fingerprint density at radius 2 is 1.95 bits per heavy atom. The first-order valence-electron chi connectivity index (χ1n) is 6.87. The molecule has 0 spiro atoms. The van der Waals surface area contributed by atoms with Crippen LogP contribution >= 0.6 is 11.6 Å². The maximum Gasteiger partial charge on any atom is 0.326 e. The first kappa shape index (κ1) is 18.0. The molecule has 0 radical (unpaired) electrons. The van der Waals surface area contributed by atoms with Crippen LogP contribution in [0.5, 0.6) is 0 Å². The van der Waals surface area contributed by atoms with Gasteiger partial charge in [-0.2, -0.15) is 0 Å².